The van der Waals surface area contributed by atoms with Gasteiger partial charge >= 0.3 is 0 Å². The number of sulfonamides is 1. The molecule has 0 aliphatic heterocycles. The zero-order valence-electron chi connectivity index (χ0n) is 11.4. The van der Waals surface area contributed by atoms with Crippen molar-refractivity contribution in [3.8, 4) is 0 Å². The van der Waals surface area contributed by atoms with E-state index in [0.717, 1.165) is 24.8 Å². The van der Waals surface area contributed by atoms with Gasteiger partial charge in [-0.2, -0.15) is 0 Å². The molecular weight excluding hydrogens is 262 g/mol. The van der Waals surface area contributed by atoms with Crippen molar-refractivity contribution >= 4 is 10.0 Å². The normalized spacial score (nSPS) is 22.6. The van der Waals surface area contributed by atoms with Crippen molar-refractivity contribution in [1.82, 2.24) is 9.71 Å². The van der Waals surface area contributed by atoms with Gasteiger partial charge in [-0.05, 0) is 36.3 Å². The summed E-state index contributed by atoms with van der Waals surface area (Å²) in [6, 6.07) is 3.21. The molecule has 1 unspecified atom stereocenters. The van der Waals surface area contributed by atoms with Crippen LogP contribution in [0.25, 0.3) is 0 Å². The van der Waals surface area contributed by atoms with Crippen molar-refractivity contribution in [1.29, 1.82) is 0 Å². The lowest BCUT2D eigenvalue weighted by Gasteiger charge is -2.17. The third kappa shape index (κ3) is 3.52. The lowest BCUT2D eigenvalue weighted by Crippen LogP contribution is -2.34. The summed E-state index contributed by atoms with van der Waals surface area (Å²) < 4.78 is 27.1. The Morgan fingerprint density at radius 3 is 2.68 bits per heavy atom. The molecule has 19 heavy (non-hydrogen) atoms. The first kappa shape index (κ1) is 14.4. The van der Waals surface area contributed by atoms with Crippen LogP contribution in [0.3, 0.4) is 0 Å². The van der Waals surface area contributed by atoms with E-state index in [4.69, 9.17) is 5.73 Å². The van der Waals surface area contributed by atoms with E-state index < -0.39 is 10.0 Å². The van der Waals surface area contributed by atoms with Gasteiger partial charge in [0.2, 0.25) is 0 Å². The highest BCUT2D eigenvalue weighted by Crippen LogP contribution is 2.37. The Kier molecular flexibility index (Phi) is 3.94. The second-order valence-corrected chi connectivity index (χ2v) is 7.59. The first-order valence-electron chi connectivity index (χ1n) is 6.50. The SMILES string of the molecule is CC1(C)CCC(NS(=O)(=O)c2ccc(CN)cn2)C1. The van der Waals surface area contributed by atoms with Crippen LogP contribution >= 0.6 is 0 Å². The fourth-order valence-electron chi connectivity index (χ4n) is 2.51. The molecular formula is C13H21N3O2S. The average molecular weight is 283 g/mol. The molecule has 0 saturated heterocycles. The Morgan fingerprint density at radius 1 is 1.47 bits per heavy atom. The van der Waals surface area contributed by atoms with Crippen LogP contribution in [-0.4, -0.2) is 19.4 Å². The number of aromatic nitrogens is 1. The molecule has 1 atom stereocenters. The summed E-state index contributed by atoms with van der Waals surface area (Å²) in [6.45, 7) is 4.68. The Bertz CT molecular complexity index is 538. The molecule has 1 heterocycles. The van der Waals surface area contributed by atoms with Crippen molar-refractivity contribution in [3.05, 3.63) is 23.9 Å². The molecule has 0 bridgehead atoms. The summed E-state index contributed by atoms with van der Waals surface area (Å²) in [7, 11) is -3.52. The van der Waals surface area contributed by atoms with Crippen molar-refractivity contribution in [2.24, 2.45) is 11.1 Å². The summed E-state index contributed by atoms with van der Waals surface area (Å²) >= 11 is 0. The molecule has 1 aromatic rings. The molecule has 1 aliphatic rings. The highest BCUT2D eigenvalue weighted by atomic mass is 32.2. The molecule has 0 aromatic carbocycles. The van der Waals surface area contributed by atoms with Crippen LogP contribution in [0.1, 0.15) is 38.7 Å². The molecule has 1 fully saturated rings. The van der Waals surface area contributed by atoms with Gasteiger partial charge in [-0.1, -0.05) is 19.9 Å². The first-order chi connectivity index (χ1) is 8.82. The maximum absolute atomic E-state index is 12.2. The second kappa shape index (κ2) is 5.19. The Hall–Kier alpha value is -0.980. The van der Waals surface area contributed by atoms with Gasteiger partial charge in [-0.15, -0.1) is 0 Å². The zero-order valence-corrected chi connectivity index (χ0v) is 12.2. The number of hydrogen-bond acceptors (Lipinski definition) is 4. The summed E-state index contributed by atoms with van der Waals surface area (Å²) in [5.74, 6) is 0. The molecule has 3 N–H and O–H groups in total. The molecule has 0 spiro atoms. The van der Waals surface area contributed by atoms with Gasteiger partial charge in [0, 0.05) is 18.8 Å². The van der Waals surface area contributed by atoms with Crippen LogP contribution in [0, 0.1) is 5.41 Å². The minimum Gasteiger partial charge on any atom is -0.326 e. The van der Waals surface area contributed by atoms with Gasteiger partial charge in [-0.3, -0.25) is 0 Å². The van der Waals surface area contributed by atoms with E-state index in [1.165, 1.54) is 12.3 Å². The summed E-state index contributed by atoms with van der Waals surface area (Å²) in [4.78, 5) is 3.97. The zero-order chi connectivity index (χ0) is 14.1. The Morgan fingerprint density at radius 2 is 2.21 bits per heavy atom. The fourth-order valence-corrected chi connectivity index (χ4v) is 3.71. The fraction of sp³-hybridized carbons (Fsp3) is 0.615. The lowest BCUT2D eigenvalue weighted by atomic mass is 9.92. The van der Waals surface area contributed by atoms with E-state index in [1.54, 1.807) is 6.07 Å². The number of pyridine rings is 1. The summed E-state index contributed by atoms with van der Waals surface area (Å²) in [5, 5.41) is 0.0643. The van der Waals surface area contributed by atoms with E-state index in [0.29, 0.717) is 6.54 Å². The molecule has 106 valence electrons. The number of nitrogens with zero attached hydrogens (tertiary/aromatic N) is 1. The largest absolute Gasteiger partial charge is 0.326 e. The van der Waals surface area contributed by atoms with Crippen LogP contribution in [0.5, 0.6) is 0 Å². The number of nitrogens with one attached hydrogen (secondary N) is 1. The highest BCUT2D eigenvalue weighted by molar-refractivity contribution is 7.89. The molecule has 1 aliphatic carbocycles. The second-order valence-electron chi connectivity index (χ2n) is 5.93. The molecule has 0 radical (unpaired) electrons. The van der Waals surface area contributed by atoms with Crippen molar-refractivity contribution < 1.29 is 8.42 Å². The van der Waals surface area contributed by atoms with E-state index in [-0.39, 0.29) is 16.5 Å². The summed E-state index contributed by atoms with van der Waals surface area (Å²) in [5.41, 5.74) is 6.50. The standard InChI is InChI=1S/C13H21N3O2S/c1-13(2)6-5-11(7-13)16-19(17,18)12-4-3-10(8-14)9-15-12/h3-4,9,11,16H,5-8,14H2,1-2H3. The minimum atomic E-state index is -3.52. The molecule has 1 aromatic heterocycles. The minimum absolute atomic E-state index is 0.0102. The third-order valence-corrected chi connectivity index (χ3v) is 5.03. The lowest BCUT2D eigenvalue weighted by molar-refractivity contribution is 0.372. The molecule has 5 nitrogen and oxygen atoms in total. The van der Waals surface area contributed by atoms with Crippen molar-refractivity contribution in [3.63, 3.8) is 0 Å². The maximum Gasteiger partial charge on any atom is 0.258 e. The van der Waals surface area contributed by atoms with Gasteiger partial charge < -0.3 is 5.73 Å². The number of rotatable bonds is 4. The quantitative estimate of drug-likeness (QED) is 0.874. The van der Waals surface area contributed by atoms with Gasteiger partial charge in [0.15, 0.2) is 5.03 Å². The summed E-state index contributed by atoms with van der Waals surface area (Å²) in [6.07, 6.45) is 4.30. The Labute approximate surface area is 114 Å². The van der Waals surface area contributed by atoms with Crippen LogP contribution in [-0.2, 0) is 16.6 Å². The van der Waals surface area contributed by atoms with Gasteiger partial charge in [0.05, 0.1) is 0 Å². The molecule has 0 amide bonds. The predicted octanol–water partition coefficient (Wildman–Crippen LogP) is 1.40. The third-order valence-electron chi connectivity index (χ3n) is 3.60. The first-order valence-corrected chi connectivity index (χ1v) is 7.98. The van der Waals surface area contributed by atoms with Gasteiger partial charge in [0.1, 0.15) is 0 Å². The topological polar surface area (TPSA) is 85.1 Å². The van der Waals surface area contributed by atoms with Crippen LogP contribution < -0.4 is 10.5 Å². The highest BCUT2D eigenvalue weighted by Gasteiger charge is 2.33. The maximum atomic E-state index is 12.2. The number of nitrogens with two attached hydrogens (primary N) is 1. The molecule has 2 rings (SSSR count). The molecule has 1 saturated carbocycles. The van der Waals surface area contributed by atoms with Gasteiger partial charge in [0.25, 0.3) is 10.0 Å². The Balaban J connectivity index is 2.10. The van der Waals surface area contributed by atoms with E-state index >= 15 is 0 Å². The van der Waals surface area contributed by atoms with E-state index in [1.807, 2.05) is 0 Å². The van der Waals surface area contributed by atoms with Crippen LogP contribution in [0.2, 0.25) is 0 Å². The monoisotopic (exact) mass is 283 g/mol. The average Bonchev–Trinajstić information content (AvgIpc) is 2.68. The van der Waals surface area contributed by atoms with Crippen LogP contribution in [0.4, 0.5) is 0 Å². The predicted molar refractivity (Wildman–Crippen MR) is 73.9 cm³/mol. The van der Waals surface area contributed by atoms with Crippen molar-refractivity contribution in [2.75, 3.05) is 0 Å². The van der Waals surface area contributed by atoms with Crippen LogP contribution in [0.15, 0.2) is 23.4 Å². The van der Waals surface area contributed by atoms with Gasteiger partial charge in [-0.25, -0.2) is 18.1 Å². The molecule has 6 heteroatoms. The van der Waals surface area contributed by atoms with E-state index in [9.17, 15) is 8.42 Å². The smallest absolute Gasteiger partial charge is 0.258 e. The van der Waals surface area contributed by atoms with E-state index in [2.05, 4.69) is 23.6 Å². The number of hydrogen-bond donors (Lipinski definition) is 2. The van der Waals surface area contributed by atoms with Crippen molar-refractivity contribution in [2.45, 2.75) is 50.7 Å².